The number of nitrogens with zero attached hydrogens (tertiary/aromatic N) is 3. The van der Waals surface area contributed by atoms with Gasteiger partial charge in [0.25, 0.3) is 11.8 Å². The summed E-state index contributed by atoms with van der Waals surface area (Å²) in [5, 5.41) is 18.1. The van der Waals surface area contributed by atoms with E-state index in [1.165, 1.54) is 16.9 Å². The van der Waals surface area contributed by atoms with Crippen LogP contribution in [0.2, 0.25) is 0 Å². The number of anilines is 1. The van der Waals surface area contributed by atoms with E-state index in [2.05, 4.69) is 15.7 Å². The molecule has 11 nitrogen and oxygen atoms in total. The van der Waals surface area contributed by atoms with Gasteiger partial charge >= 0.3 is 5.97 Å². The Kier molecular flexibility index (Phi) is 4.78. The minimum Gasteiger partial charge on any atom is -0.480 e. The van der Waals surface area contributed by atoms with Gasteiger partial charge < -0.3 is 10.4 Å². The number of carboxylic acids is 1. The molecule has 0 saturated carbocycles. The molecule has 0 aliphatic carbocycles. The molecule has 2 aliphatic rings. The van der Waals surface area contributed by atoms with Crippen LogP contribution in [-0.4, -0.2) is 55.4 Å². The molecule has 1 atom stereocenters. The molecular weight excluding hydrogens is 394 g/mol. The molecule has 2 aliphatic heterocycles. The minimum atomic E-state index is -1.03. The lowest BCUT2D eigenvalue weighted by Crippen LogP contribution is -2.54. The number of benzene rings is 1. The number of nitrogens with one attached hydrogen (secondary N) is 2. The predicted molar refractivity (Wildman–Crippen MR) is 100 cm³/mol. The van der Waals surface area contributed by atoms with Crippen molar-refractivity contribution < 1.29 is 29.1 Å². The Bertz CT molecular complexity index is 1090. The first-order valence-corrected chi connectivity index (χ1v) is 9.17. The number of hydrogen-bond acceptors (Lipinski definition) is 7. The van der Waals surface area contributed by atoms with Crippen LogP contribution >= 0.6 is 0 Å². The number of carboxylic acid groups (broad SMARTS) is 1. The van der Waals surface area contributed by atoms with Crippen LogP contribution in [0, 0.1) is 0 Å². The van der Waals surface area contributed by atoms with Crippen molar-refractivity contribution in [3.05, 3.63) is 47.3 Å². The number of hydrogen-bond donors (Lipinski definition) is 3. The van der Waals surface area contributed by atoms with E-state index in [-0.39, 0.29) is 37.1 Å². The van der Waals surface area contributed by atoms with E-state index in [0.29, 0.717) is 11.4 Å². The second-order valence-corrected chi connectivity index (χ2v) is 6.93. The molecule has 2 aromatic rings. The lowest BCUT2D eigenvalue weighted by atomic mass is 10.0. The summed E-state index contributed by atoms with van der Waals surface area (Å²) in [6, 6.07) is 5.36. The summed E-state index contributed by atoms with van der Waals surface area (Å²) in [5.41, 5.74) is 1.27. The Balaban J connectivity index is 1.54. The Morgan fingerprint density at radius 2 is 2.00 bits per heavy atom. The molecule has 30 heavy (non-hydrogen) atoms. The van der Waals surface area contributed by atoms with Gasteiger partial charge in [-0.15, -0.1) is 0 Å². The Morgan fingerprint density at radius 3 is 2.73 bits per heavy atom. The zero-order valence-corrected chi connectivity index (χ0v) is 15.6. The molecule has 3 heterocycles. The monoisotopic (exact) mass is 411 g/mol. The quantitative estimate of drug-likeness (QED) is 0.561. The smallest absolute Gasteiger partial charge is 0.325 e. The maximum atomic E-state index is 13.0. The van der Waals surface area contributed by atoms with Crippen LogP contribution in [0.4, 0.5) is 5.69 Å². The normalized spacial score (nSPS) is 18.4. The van der Waals surface area contributed by atoms with Gasteiger partial charge in [-0.2, -0.15) is 5.10 Å². The van der Waals surface area contributed by atoms with Crippen LogP contribution in [0.3, 0.4) is 0 Å². The van der Waals surface area contributed by atoms with Crippen molar-refractivity contribution in [1.29, 1.82) is 0 Å². The molecule has 0 radical (unpaired) electrons. The Labute approximate surface area is 169 Å². The van der Waals surface area contributed by atoms with Crippen molar-refractivity contribution in [1.82, 2.24) is 20.0 Å². The topological polar surface area (TPSA) is 151 Å². The first-order chi connectivity index (χ1) is 14.3. The highest BCUT2D eigenvalue weighted by Crippen LogP contribution is 2.32. The van der Waals surface area contributed by atoms with Crippen LogP contribution in [0.1, 0.15) is 39.3 Å². The summed E-state index contributed by atoms with van der Waals surface area (Å²) in [6.45, 7) is -0.0718. The van der Waals surface area contributed by atoms with E-state index in [1.807, 2.05) is 0 Å². The molecular formula is C19H17N5O6. The second-order valence-electron chi connectivity index (χ2n) is 6.93. The zero-order valence-electron chi connectivity index (χ0n) is 15.6. The summed E-state index contributed by atoms with van der Waals surface area (Å²) in [4.78, 5) is 61.0. The van der Waals surface area contributed by atoms with Gasteiger partial charge in [-0.1, -0.05) is 6.07 Å². The van der Waals surface area contributed by atoms with E-state index >= 15 is 0 Å². The fourth-order valence-electron chi connectivity index (χ4n) is 3.57. The van der Waals surface area contributed by atoms with Crippen molar-refractivity contribution in [3.8, 4) is 0 Å². The van der Waals surface area contributed by atoms with Gasteiger partial charge in [-0.05, 0) is 24.6 Å². The van der Waals surface area contributed by atoms with Gasteiger partial charge in [0.05, 0.1) is 23.4 Å². The van der Waals surface area contributed by atoms with E-state index < -0.39 is 35.6 Å². The molecule has 4 amide bonds. The van der Waals surface area contributed by atoms with Crippen molar-refractivity contribution in [3.63, 3.8) is 0 Å². The second kappa shape index (κ2) is 7.43. The maximum Gasteiger partial charge on any atom is 0.325 e. The number of rotatable bonds is 6. The third kappa shape index (κ3) is 3.41. The first-order valence-electron chi connectivity index (χ1n) is 9.17. The van der Waals surface area contributed by atoms with Crippen LogP contribution in [0.5, 0.6) is 0 Å². The molecule has 1 aromatic carbocycles. The number of piperidine rings is 1. The number of fused-ring (bicyclic) bond motifs is 1. The Hall–Kier alpha value is -4.02. The van der Waals surface area contributed by atoms with Crippen molar-refractivity contribution in [2.75, 3.05) is 5.32 Å². The lowest BCUT2D eigenvalue weighted by Gasteiger charge is -2.27. The van der Waals surface area contributed by atoms with E-state index in [9.17, 15) is 24.0 Å². The van der Waals surface area contributed by atoms with Gasteiger partial charge in [0.1, 0.15) is 12.6 Å². The number of amides is 4. The van der Waals surface area contributed by atoms with Gasteiger partial charge in [0.2, 0.25) is 11.8 Å². The number of aliphatic carboxylic acids is 1. The SMILES string of the molecule is O=C(O)Cn1ccc(CNc2cccc3c2C(=O)N(C2CCC(=O)NC2=O)C3=O)n1. The summed E-state index contributed by atoms with van der Waals surface area (Å²) in [6.07, 6.45) is 1.66. The molecule has 1 saturated heterocycles. The fourth-order valence-corrected chi connectivity index (χ4v) is 3.57. The predicted octanol–water partition coefficient (Wildman–Crippen LogP) is -0.0190. The van der Waals surface area contributed by atoms with Crippen LogP contribution in [0.25, 0.3) is 0 Å². The molecule has 4 rings (SSSR count). The zero-order chi connectivity index (χ0) is 21.4. The van der Waals surface area contributed by atoms with E-state index in [0.717, 1.165) is 4.90 Å². The molecule has 154 valence electrons. The molecule has 3 N–H and O–H groups in total. The molecule has 1 fully saturated rings. The van der Waals surface area contributed by atoms with Crippen LogP contribution < -0.4 is 10.6 Å². The number of aromatic nitrogens is 2. The van der Waals surface area contributed by atoms with Crippen molar-refractivity contribution in [2.45, 2.75) is 32.0 Å². The molecule has 1 unspecified atom stereocenters. The standard InChI is InChI=1S/C19H17N5O6/c25-14-5-4-13(17(28)21-14)24-18(29)11-2-1-3-12(16(11)19(24)30)20-8-10-6-7-23(22-10)9-15(26)27/h1-3,6-7,13,20H,4-5,8-9H2,(H,26,27)(H,21,25,28). The van der Waals surface area contributed by atoms with Crippen LogP contribution in [0.15, 0.2) is 30.5 Å². The minimum absolute atomic E-state index is 0.0495. The van der Waals surface area contributed by atoms with Gasteiger partial charge in [0.15, 0.2) is 0 Å². The fraction of sp³-hybridized carbons (Fsp3) is 0.263. The Morgan fingerprint density at radius 1 is 1.20 bits per heavy atom. The summed E-state index contributed by atoms with van der Waals surface area (Å²) >= 11 is 0. The summed E-state index contributed by atoms with van der Waals surface area (Å²) < 4.78 is 1.27. The third-order valence-electron chi connectivity index (χ3n) is 4.92. The van der Waals surface area contributed by atoms with Crippen molar-refractivity contribution in [2.24, 2.45) is 0 Å². The summed E-state index contributed by atoms with van der Waals surface area (Å²) in [5.74, 6) is -3.31. The number of imide groups is 2. The van der Waals surface area contributed by atoms with E-state index in [1.54, 1.807) is 18.2 Å². The highest BCUT2D eigenvalue weighted by Gasteiger charge is 2.45. The third-order valence-corrected chi connectivity index (χ3v) is 4.92. The van der Waals surface area contributed by atoms with Crippen molar-refractivity contribution >= 4 is 35.3 Å². The molecule has 1 aromatic heterocycles. The average Bonchev–Trinajstić information content (AvgIpc) is 3.23. The average molecular weight is 411 g/mol. The molecule has 0 bridgehead atoms. The maximum absolute atomic E-state index is 13.0. The van der Waals surface area contributed by atoms with Gasteiger partial charge in [0, 0.05) is 18.3 Å². The van der Waals surface area contributed by atoms with E-state index in [4.69, 9.17) is 5.11 Å². The first kappa shape index (κ1) is 19.3. The highest BCUT2D eigenvalue weighted by atomic mass is 16.4. The molecule has 0 spiro atoms. The van der Waals surface area contributed by atoms with Gasteiger partial charge in [-0.25, -0.2) is 0 Å². The lowest BCUT2D eigenvalue weighted by molar-refractivity contribution is -0.138. The highest BCUT2D eigenvalue weighted by molar-refractivity contribution is 6.25. The largest absolute Gasteiger partial charge is 0.480 e. The number of carbonyl (C=O) groups excluding carboxylic acids is 4. The van der Waals surface area contributed by atoms with Crippen LogP contribution in [-0.2, 0) is 27.5 Å². The van der Waals surface area contributed by atoms with Gasteiger partial charge in [-0.3, -0.25) is 38.9 Å². The summed E-state index contributed by atoms with van der Waals surface area (Å²) in [7, 11) is 0. The molecule has 11 heteroatoms. The number of carbonyl (C=O) groups is 5.